The monoisotopic (exact) mass is 237 g/mol. The van der Waals surface area contributed by atoms with E-state index in [1.54, 1.807) is 0 Å². The Morgan fingerprint density at radius 2 is 1.94 bits per heavy atom. The van der Waals surface area contributed by atoms with Crippen LogP contribution in [0.3, 0.4) is 0 Å². The van der Waals surface area contributed by atoms with Crippen LogP contribution in [0.15, 0.2) is 18.2 Å². The number of benzene rings is 1. The molecule has 0 amide bonds. The maximum atomic E-state index is 9.86. The zero-order valence-corrected chi connectivity index (χ0v) is 11.1. The minimum absolute atomic E-state index is 0.123. The molecular weight excluding hydrogens is 214 g/mol. The van der Waals surface area contributed by atoms with Crippen molar-refractivity contribution in [1.82, 2.24) is 5.32 Å². The summed E-state index contributed by atoms with van der Waals surface area (Å²) in [5.74, 6) is 0.338. The van der Waals surface area contributed by atoms with Gasteiger partial charge in [0.15, 0.2) is 0 Å². The van der Waals surface area contributed by atoms with Gasteiger partial charge in [0.05, 0.1) is 6.10 Å². The molecule has 0 aromatic heterocycles. The highest BCUT2D eigenvalue weighted by atomic mass is 16.3. The SMILES string of the molecule is Cc1cccc(CNCC(O)C(C)(C)C)c1O. The van der Waals surface area contributed by atoms with Gasteiger partial charge in [0, 0.05) is 18.7 Å². The van der Waals surface area contributed by atoms with Gasteiger partial charge in [0.25, 0.3) is 0 Å². The number of para-hydroxylation sites is 1. The van der Waals surface area contributed by atoms with Gasteiger partial charge < -0.3 is 15.5 Å². The molecule has 0 aliphatic rings. The molecule has 1 unspecified atom stereocenters. The van der Waals surface area contributed by atoms with Crippen LogP contribution in [0.2, 0.25) is 0 Å². The van der Waals surface area contributed by atoms with Crippen molar-refractivity contribution in [3.63, 3.8) is 0 Å². The van der Waals surface area contributed by atoms with Crippen LogP contribution in [0.25, 0.3) is 0 Å². The van der Waals surface area contributed by atoms with E-state index < -0.39 is 6.10 Å². The Hall–Kier alpha value is -1.06. The number of aliphatic hydroxyl groups excluding tert-OH is 1. The van der Waals surface area contributed by atoms with E-state index in [1.807, 2.05) is 45.9 Å². The van der Waals surface area contributed by atoms with Gasteiger partial charge in [0.1, 0.15) is 5.75 Å². The molecule has 0 bridgehead atoms. The molecular formula is C14H23NO2. The van der Waals surface area contributed by atoms with Crippen molar-refractivity contribution < 1.29 is 10.2 Å². The number of aryl methyl sites for hydroxylation is 1. The second-order valence-electron chi connectivity index (χ2n) is 5.60. The van der Waals surface area contributed by atoms with E-state index in [0.29, 0.717) is 18.8 Å². The first kappa shape index (κ1) is 14.0. The minimum atomic E-state index is -0.394. The fourth-order valence-corrected chi connectivity index (χ4v) is 1.51. The molecule has 0 aliphatic carbocycles. The fourth-order valence-electron chi connectivity index (χ4n) is 1.51. The molecule has 1 rings (SSSR count). The number of aliphatic hydroxyl groups is 1. The van der Waals surface area contributed by atoms with E-state index in [1.165, 1.54) is 0 Å². The van der Waals surface area contributed by atoms with Gasteiger partial charge in [-0.25, -0.2) is 0 Å². The van der Waals surface area contributed by atoms with Gasteiger partial charge in [-0.05, 0) is 17.9 Å². The molecule has 3 nitrogen and oxygen atoms in total. The highest BCUT2D eigenvalue weighted by molar-refractivity contribution is 5.39. The lowest BCUT2D eigenvalue weighted by atomic mass is 9.89. The van der Waals surface area contributed by atoms with Crippen molar-refractivity contribution in [1.29, 1.82) is 0 Å². The lowest BCUT2D eigenvalue weighted by molar-refractivity contribution is 0.0627. The van der Waals surface area contributed by atoms with Crippen molar-refractivity contribution in [2.75, 3.05) is 6.54 Å². The van der Waals surface area contributed by atoms with E-state index in [2.05, 4.69) is 5.32 Å². The van der Waals surface area contributed by atoms with Gasteiger partial charge in [0.2, 0.25) is 0 Å². The molecule has 0 fully saturated rings. The zero-order chi connectivity index (χ0) is 13.1. The number of phenols is 1. The first-order chi connectivity index (χ1) is 7.82. The second kappa shape index (κ2) is 5.52. The molecule has 3 heteroatoms. The standard InChI is InChI=1S/C14H23NO2/c1-10-6-5-7-11(13(10)17)8-15-9-12(16)14(2,3)4/h5-7,12,15-17H,8-9H2,1-4H3. The summed E-state index contributed by atoms with van der Waals surface area (Å²) in [5, 5.41) is 22.8. The van der Waals surface area contributed by atoms with Gasteiger partial charge in [-0.2, -0.15) is 0 Å². The summed E-state index contributed by atoms with van der Waals surface area (Å²) in [5.41, 5.74) is 1.62. The van der Waals surface area contributed by atoms with Crippen LogP contribution in [-0.4, -0.2) is 22.9 Å². The smallest absolute Gasteiger partial charge is 0.122 e. The molecule has 17 heavy (non-hydrogen) atoms. The third kappa shape index (κ3) is 4.02. The van der Waals surface area contributed by atoms with Crippen LogP contribution in [0, 0.1) is 12.3 Å². The van der Waals surface area contributed by atoms with Crippen LogP contribution in [0.4, 0.5) is 0 Å². The van der Waals surface area contributed by atoms with Crippen molar-refractivity contribution >= 4 is 0 Å². The number of phenolic OH excluding ortho intramolecular Hbond substituents is 1. The normalized spacial score (nSPS) is 13.7. The number of aromatic hydroxyl groups is 1. The van der Waals surface area contributed by atoms with Crippen molar-refractivity contribution in [3.8, 4) is 5.75 Å². The lowest BCUT2D eigenvalue weighted by Gasteiger charge is -2.26. The van der Waals surface area contributed by atoms with Gasteiger partial charge in [-0.1, -0.05) is 39.0 Å². The summed E-state index contributed by atoms with van der Waals surface area (Å²) in [6.45, 7) is 8.98. The van der Waals surface area contributed by atoms with Crippen molar-refractivity contribution in [3.05, 3.63) is 29.3 Å². The van der Waals surface area contributed by atoms with Crippen LogP contribution >= 0.6 is 0 Å². The average molecular weight is 237 g/mol. The third-order valence-electron chi connectivity index (χ3n) is 2.97. The van der Waals surface area contributed by atoms with Gasteiger partial charge in [-0.3, -0.25) is 0 Å². The molecule has 0 saturated heterocycles. The molecule has 0 spiro atoms. The maximum Gasteiger partial charge on any atom is 0.122 e. The number of nitrogens with one attached hydrogen (secondary N) is 1. The maximum absolute atomic E-state index is 9.86. The topological polar surface area (TPSA) is 52.5 Å². The predicted octanol–water partition coefficient (Wildman–Crippen LogP) is 2.20. The Bertz CT molecular complexity index is 369. The third-order valence-corrected chi connectivity index (χ3v) is 2.97. The van der Waals surface area contributed by atoms with Crippen LogP contribution in [-0.2, 0) is 6.54 Å². The summed E-state index contributed by atoms with van der Waals surface area (Å²) >= 11 is 0. The molecule has 96 valence electrons. The molecule has 0 saturated carbocycles. The highest BCUT2D eigenvalue weighted by Gasteiger charge is 2.21. The first-order valence-corrected chi connectivity index (χ1v) is 5.98. The Labute approximate surface area is 103 Å². The van der Waals surface area contributed by atoms with E-state index in [-0.39, 0.29) is 5.41 Å². The molecule has 1 aromatic rings. The zero-order valence-electron chi connectivity index (χ0n) is 11.1. The van der Waals surface area contributed by atoms with Gasteiger partial charge in [-0.15, -0.1) is 0 Å². The predicted molar refractivity (Wildman–Crippen MR) is 70.0 cm³/mol. The van der Waals surface area contributed by atoms with E-state index in [0.717, 1.165) is 11.1 Å². The Balaban J connectivity index is 2.49. The van der Waals surface area contributed by atoms with Crippen molar-refractivity contribution in [2.45, 2.75) is 40.3 Å². The molecule has 0 heterocycles. The summed E-state index contributed by atoms with van der Waals surface area (Å²) < 4.78 is 0. The largest absolute Gasteiger partial charge is 0.507 e. The molecule has 0 radical (unpaired) electrons. The quantitative estimate of drug-likeness (QED) is 0.752. The van der Waals surface area contributed by atoms with E-state index in [4.69, 9.17) is 0 Å². The van der Waals surface area contributed by atoms with Crippen LogP contribution < -0.4 is 5.32 Å². The molecule has 0 aliphatic heterocycles. The first-order valence-electron chi connectivity index (χ1n) is 5.98. The Morgan fingerprint density at radius 3 is 2.53 bits per heavy atom. The number of rotatable bonds is 4. The average Bonchev–Trinajstić information content (AvgIpc) is 2.22. The van der Waals surface area contributed by atoms with E-state index in [9.17, 15) is 10.2 Å². The summed E-state index contributed by atoms with van der Waals surface area (Å²) in [4.78, 5) is 0. The van der Waals surface area contributed by atoms with Crippen LogP contribution in [0.1, 0.15) is 31.9 Å². The molecule has 1 aromatic carbocycles. The lowest BCUT2D eigenvalue weighted by Crippen LogP contribution is -2.36. The molecule has 1 atom stereocenters. The minimum Gasteiger partial charge on any atom is -0.507 e. The number of hydrogen-bond acceptors (Lipinski definition) is 3. The van der Waals surface area contributed by atoms with Crippen LogP contribution in [0.5, 0.6) is 5.75 Å². The van der Waals surface area contributed by atoms with E-state index >= 15 is 0 Å². The summed E-state index contributed by atoms with van der Waals surface area (Å²) in [7, 11) is 0. The molecule has 3 N–H and O–H groups in total. The second-order valence-corrected chi connectivity index (χ2v) is 5.60. The number of hydrogen-bond donors (Lipinski definition) is 3. The highest BCUT2D eigenvalue weighted by Crippen LogP contribution is 2.21. The Morgan fingerprint density at radius 1 is 1.29 bits per heavy atom. The van der Waals surface area contributed by atoms with Gasteiger partial charge >= 0.3 is 0 Å². The fraction of sp³-hybridized carbons (Fsp3) is 0.571. The Kier molecular flexibility index (Phi) is 4.54. The summed E-state index contributed by atoms with van der Waals surface area (Å²) in [6.07, 6.45) is -0.394. The van der Waals surface area contributed by atoms with Crippen molar-refractivity contribution in [2.24, 2.45) is 5.41 Å². The summed E-state index contributed by atoms with van der Waals surface area (Å²) in [6, 6.07) is 5.69.